The van der Waals surface area contributed by atoms with Crippen molar-refractivity contribution in [3.05, 3.63) is 34.9 Å². The maximum Gasteiger partial charge on any atom is 0.320 e. The fraction of sp³-hybridized carbons (Fsp3) is 0.429. The molecule has 1 aromatic carbocycles. The molecule has 0 radical (unpaired) electrons. The number of aryl methyl sites for hydroxylation is 2. The van der Waals surface area contributed by atoms with Gasteiger partial charge < -0.3 is 9.80 Å². The summed E-state index contributed by atoms with van der Waals surface area (Å²) < 4.78 is 0. The topological polar surface area (TPSA) is 40.6 Å². The average Bonchev–Trinajstić information content (AvgIpc) is 2.64. The van der Waals surface area contributed by atoms with E-state index in [0.717, 1.165) is 16.7 Å². The number of ketones is 1. The van der Waals surface area contributed by atoms with Gasteiger partial charge in [0.05, 0.1) is 6.54 Å². The normalized spacial score (nSPS) is 15.4. The standard InChI is InChI=1S/C14H18N2O2/c1-10-4-5-11(2)12(8-10)13(17)9-16-7-6-15(3)14(16)18/h4-5,8H,6-7,9H2,1-3H3. The smallest absolute Gasteiger partial charge is 0.320 e. The minimum absolute atomic E-state index is 0.0138. The minimum Gasteiger partial charge on any atom is -0.326 e. The quantitative estimate of drug-likeness (QED) is 0.764. The van der Waals surface area contributed by atoms with E-state index in [0.29, 0.717) is 13.1 Å². The van der Waals surface area contributed by atoms with Crippen LogP contribution in [0.15, 0.2) is 18.2 Å². The first-order valence-electron chi connectivity index (χ1n) is 6.09. The van der Waals surface area contributed by atoms with Crippen LogP contribution in [0.5, 0.6) is 0 Å². The SMILES string of the molecule is Cc1ccc(C)c(C(=O)CN2CCN(C)C2=O)c1. The maximum atomic E-state index is 12.2. The molecule has 1 saturated heterocycles. The molecule has 4 nitrogen and oxygen atoms in total. The van der Waals surface area contributed by atoms with Gasteiger partial charge in [-0.15, -0.1) is 0 Å². The summed E-state index contributed by atoms with van der Waals surface area (Å²) in [5.41, 5.74) is 2.75. The van der Waals surface area contributed by atoms with E-state index >= 15 is 0 Å². The number of urea groups is 1. The highest BCUT2D eigenvalue weighted by molar-refractivity contribution is 6.00. The fourth-order valence-corrected chi connectivity index (χ4v) is 2.14. The van der Waals surface area contributed by atoms with Gasteiger partial charge in [-0.25, -0.2) is 4.79 Å². The van der Waals surface area contributed by atoms with E-state index in [1.54, 1.807) is 16.8 Å². The number of amides is 2. The molecule has 18 heavy (non-hydrogen) atoms. The van der Waals surface area contributed by atoms with Crippen molar-refractivity contribution in [2.24, 2.45) is 0 Å². The third-order valence-corrected chi connectivity index (χ3v) is 3.33. The van der Waals surface area contributed by atoms with Gasteiger partial charge in [0.15, 0.2) is 5.78 Å². The molecule has 1 fully saturated rings. The van der Waals surface area contributed by atoms with E-state index < -0.39 is 0 Å². The van der Waals surface area contributed by atoms with Crippen LogP contribution in [0.25, 0.3) is 0 Å². The first kappa shape index (κ1) is 12.6. The number of hydrogen-bond acceptors (Lipinski definition) is 2. The van der Waals surface area contributed by atoms with Crippen molar-refractivity contribution in [1.29, 1.82) is 0 Å². The molecular formula is C14H18N2O2. The summed E-state index contributed by atoms with van der Waals surface area (Å²) in [4.78, 5) is 27.2. The number of nitrogens with zero attached hydrogens (tertiary/aromatic N) is 2. The largest absolute Gasteiger partial charge is 0.326 e. The Balaban J connectivity index is 2.13. The summed E-state index contributed by atoms with van der Waals surface area (Å²) in [6.45, 7) is 5.38. The third-order valence-electron chi connectivity index (χ3n) is 3.33. The molecule has 96 valence electrons. The number of carbonyl (C=O) groups excluding carboxylic acids is 2. The molecule has 0 aromatic heterocycles. The zero-order valence-electron chi connectivity index (χ0n) is 11.1. The van der Waals surface area contributed by atoms with E-state index in [1.807, 2.05) is 32.0 Å². The monoisotopic (exact) mass is 246 g/mol. The highest BCUT2D eigenvalue weighted by Gasteiger charge is 2.27. The zero-order valence-corrected chi connectivity index (χ0v) is 11.1. The lowest BCUT2D eigenvalue weighted by molar-refractivity contribution is 0.0951. The van der Waals surface area contributed by atoms with Gasteiger partial charge in [-0.2, -0.15) is 0 Å². The van der Waals surface area contributed by atoms with E-state index in [4.69, 9.17) is 0 Å². The fourth-order valence-electron chi connectivity index (χ4n) is 2.14. The lowest BCUT2D eigenvalue weighted by atomic mass is 10.0. The van der Waals surface area contributed by atoms with E-state index in [-0.39, 0.29) is 18.4 Å². The second-order valence-corrected chi connectivity index (χ2v) is 4.87. The number of hydrogen-bond donors (Lipinski definition) is 0. The Kier molecular flexibility index (Phi) is 3.36. The van der Waals surface area contributed by atoms with Crippen molar-refractivity contribution in [2.75, 3.05) is 26.7 Å². The van der Waals surface area contributed by atoms with Crippen LogP contribution < -0.4 is 0 Å². The maximum absolute atomic E-state index is 12.2. The van der Waals surface area contributed by atoms with Crippen molar-refractivity contribution >= 4 is 11.8 Å². The van der Waals surface area contributed by atoms with Crippen LogP contribution in [0, 0.1) is 13.8 Å². The predicted octanol–water partition coefficient (Wildman–Crippen LogP) is 1.85. The van der Waals surface area contributed by atoms with Gasteiger partial charge in [0.1, 0.15) is 0 Å². The Labute approximate surface area is 107 Å². The molecule has 0 bridgehead atoms. The van der Waals surface area contributed by atoms with Crippen LogP contribution in [0.2, 0.25) is 0 Å². The van der Waals surface area contributed by atoms with Gasteiger partial charge in [-0.1, -0.05) is 17.7 Å². The molecular weight excluding hydrogens is 228 g/mol. The Bertz CT molecular complexity index is 497. The Hall–Kier alpha value is -1.84. The Morgan fingerprint density at radius 1 is 1.28 bits per heavy atom. The first-order chi connectivity index (χ1) is 8.49. The molecule has 1 aliphatic heterocycles. The van der Waals surface area contributed by atoms with E-state index in [2.05, 4.69) is 0 Å². The molecule has 0 saturated carbocycles. The lowest BCUT2D eigenvalue weighted by Gasteiger charge is -2.15. The van der Waals surface area contributed by atoms with Crippen molar-refractivity contribution in [1.82, 2.24) is 9.80 Å². The number of rotatable bonds is 3. The summed E-state index contributed by atoms with van der Waals surface area (Å²) in [5, 5.41) is 0. The summed E-state index contributed by atoms with van der Waals surface area (Å²) >= 11 is 0. The second-order valence-electron chi connectivity index (χ2n) is 4.87. The van der Waals surface area contributed by atoms with Gasteiger partial charge in [-0.05, 0) is 25.5 Å². The number of likely N-dealkylation sites (N-methyl/N-ethyl adjacent to an activating group) is 1. The first-order valence-corrected chi connectivity index (χ1v) is 6.09. The third kappa shape index (κ3) is 2.37. The number of Topliss-reactive ketones (excluding diaryl/α,β-unsaturated/α-hetero) is 1. The minimum atomic E-state index is -0.0614. The van der Waals surface area contributed by atoms with E-state index in [9.17, 15) is 9.59 Å². The van der Waals surface area contributed by atoms with Gasteiger partial charge in [0.2, 0.25) is 0 Å². The van der Waals surface area contributed by atoms with Gasteiger partial charge in [0.25, 0.3) is 0 Å². The summed E-state index contributed by atoms with van der Waals surface area (Å²) in [6.07, 6.45) is 0. The Morgan fingerprint density at radius 2 is 2.00 bits per heavy atom. The molecule has 0 atom stereocenters. The molecule has 0 spiro atoms. The van der Waals surface area contributed by atoms with E-state index in [1.165, 1.54) is 0 Å². The van der Waals surface area contributed by atoms with Crippen LogP contribution in [-0.2, 0) is 0 Å². The second kappa shape index (κ2) is 4.80. The van der Waals surface area contributed by atoms with Crippen molar-refractivity contribution < 1.29 is 9.59 Å². The predicted molar refractivity (Wildman–Crippen MR) is 69.8 cm³/mol. The van der Waals surface area contributed by atoms with Crippen molar-refractivity contribution in [3.63, 3.8) is 0 Å². The highest BCUT2D eigenvalue weighted by Crippen LogP contribution is 2.14. The summed E-state index contributed by atoms with van der Waals surface area (Å²) in [6, 6.07) is 5.76. The van der Waals surface area contributed by atoms with Gasteiger partial charge >= 0.3 is 6.03 Å². The Morgan fingerprint density at radius 3 is 2.61 bits per heavy atom. The molecule has 4 heteroatoms. The highest BCUT2D eigenvalue weighted by atomic mass is 16.2. The van der Waals surface area contributed by atoms with Crippen LogP contribution in [0.3, 0.4) is 0 Å². The number of benzene rings is 1. The molecule has 2 amide bonds. The van der Waals surface area contributed by atoms with Gasteiger partial charge in [-0.3, -0.25) is 4.79 Å². The zero-order chi connectivity index (χ0) is 13.3. The summed E-state index contributed by atoms with van der Waals surface area (Å²) in [5.74, 6) is 0.0138. The van der Waals surface area contributed by atoms with Crippen molar-refractivity contribution in [2.45, 2.75) is 13.8 Å². The molecule has 0 aliphatic carbocycles. The van der Waals surface area contributed by atoms with Crippen LogP contribution >= 0.6 is 0 Å². The van der Waals surface area contributed by atoms with Gasteiger partial charge in [0, 0.05) is 25.7 Å². The average molecular weight is 246 g/mol. The molecule has 1 heterocycles. The van der Waals surface area contributed by atoms with Crippen LogP contribution in [-0.4, -0.2) is 48.3 Å². The lowest BCUT2D eigenvalue weighted by Crippen LogP contribution is -2.34. The molecule has 2 rings (SSSR count). The summed E-state index contributed by atoms with van der Waals surface area (Å²) in [7, 11) is 1.75. The molecule has 1 aliphatic rings. The number of carbonyl (C=O) groups is 2. The van der Waals surface area contributed by atoms with Crippen LogP contribution in [0.1, 0.15) is 21.5 Å². The van der Waals surface area contributed by atoms with Crippen LogP contribution in [0.4, 0.5) is 4.79 Å². The molecule has 0 unspecified atom stereocenters. The van der Waals surface area contributed by atoms with Crippen molar-refractivity contribution in [3.8, 4) is 0 Å². The molecule has 1 aromatic rings. The molecule has 0 N–H and O–H groups in total.